The van der Waals surface area contributed by atoms with Gasteiger partial charge in [0.25, 0.3) is 0 Å². The second-order valence-electron chi connectivity index (χ2n) is 26.8. The third kappa shape index (κ3) is 62.8. The van der Waals surface area contributed by atoms with E-state index in [4.69, 9.17) is 37.0 Å². The van der Waals surface area contributed by atoms with E-state index < -0.39 is 97.5 Å². The molecule has 0 rings (SSSR count). The number of carbonyl (C=O) groups excluding carboxylic acids is 4. The number of hydrogen-bond acceptors (Lipinski definition) is 15. The average molecular weight is 1300 g/mol. The van der Waals surface area contributed by atoms with E-state index in [0.29, 0.717) is 37.5 Å². The second kappa shape index (κ2) is 58.8. The molecule has 3 N–H and O–H groups in total. The summed E-state index contributed by atoms with van der Waals surface area (Å²) in [5.41, 5.74) is 0. The van der Waals surface area contributed by atoms with Crippen LogP contribution in [0.4, 0.5) is 0 Å². The molecule has 0 aromatic carbocycles. The van der Waals surface area contributed by atoms with Crippen molar-refractivity contribution < 1.29 is 80.2 Å². The number of aliphatic hydroxyl groups is 1. The molecule has 0 saturated heterocycles. The van der Waals surface area contributed by atoms with E-state index in [9.17, 15) is 43.2 Å². The maximum atomic E-state index is 13.0. The van der Waals surface area contributed by atoms with Crippen LogP contribution in [-0.4, -0.2) is 96.7 Å². The van der Waals surface area contributed by atoms with Crippen LogP contribution in [0.2, 0.25) is 0 Å². The van der Waals surface area contributed by atoms with Crippen LogP contribution in [0.5, 0.6) is 0 Å². The molecule has 5 atom stereocenters. The molecule has 0 amide bonds. The lowest BCUT2D eigenvalue weighted by Crippen LogP contribution is -2.30. The number of phosphoric acid groups is 2. The number of phosphoric ester groups is 2. The predicted molar refractivity (Wildman–Crippen MR) is 354 cm³/mol. The van der Waals surface area contributed by atoms with Crippen LogP contribution in [0.15, 0.2) is 0 Å². The van der Waals surface area contributed by atoms with Gasteiger partial charge in [-0.3, -0.25) is 37.3 Å². The summed E-state index contributed by atoms with van der Waals surface area (Å²) in [6.45, 7) is 14.0. The van der Waals surface area contributed by atoms with Crippen LogP contribution in [0.1, 0.15) is 338 Å². The third-order valence-corrected chi connectivity index (χ3v) is 17.7. The first-order valence-electron chi connectivity index (χ1n) is 35.7. The van der Waals surface area contributed by atoms with E-state index in [2.05, 4.69) is 55.4 Å². The van der Waals surface area contributed by atoms with Crippen molar-refractivity contribution in [2.75, 3.05) is 39.6 Å². The molecule has 88 heavy (non-hydrogen) atoms. The summed E-state index contributed by atoms with van der Waals surface area (Å²) in [6.07, 6.45) is 40.6. The fourth-order valence-corrected chi connectivity index (χ4v) is 11.9. The zero-order valence-electron chi connectivity index (χ0n) is 57.3. The first-order valence-corrected chi connectivity index (χ1v) is 38.7. The van der Waals surface area contributed by atoms with Gasteiger partial charge in [0.05, 0.1) is 26.4 Å². The van der Waals surface area contributed by atoms with E-state index in [1.807, 2.05) is 0 Å². The molecular weight excluding hydrogens is 1160 g/mol. The molecule has 0 saturated carbocycles. The topological polar surface area (TPSA) is 237 Å². The Kier molecular flexibility index (Phi) is 57.6. The number of aliphatic hydroxyl groups excluding tert-OH is 1. The molecule has 0 heterocycles. The van der Waals surface area contributed by atoms with Gasteiger partial charge in [0.15, 0.2) is 12.2 Å². The predicted octanol–water partition coefficient (Wildman–Crippen LogP) is 19.3. The number of carbonyl (C=O) groups is 4. The van der Waals surface area contributed by atoms with Crippen molar-refractivity contribution in [2.24, 2.45) is 23.7 Å². The molecule has 0 aromatic heterocycles. The van der Waals surface area contributed by atoms with E-state index >= 15 is 0 Å². The largest absolute Gasteiger partial charge is 0.472 e. The zero-order chi connectivity index (χ0) is 65.4. The number of hydrogen-bond donors (Lipinski definition) is 3. The van der Waals surface area contributed by atoms with Crippen molar-refractivity contribution in [3.63, 3.8) is 0 Å². The van der Waals surface area contributed by atoms with Gasteiger partial charge in [-0.15, -0.1) is 0 Å². The Morgan fingerprint density at radius 1 is 0.284 bits per heavy atom. The van der Waals surface area contributed by atoms with E-state index in [1.165, 1.54) is 128 Å². The second-order valence-corrected chi connectivity index (χ2v) is 29.7. The first kappa shape index (κ1) is 86.1. The minimum atomic E-state index is -4.95. The maximum Gasteiger partial charge on any atom is 0.472 e. The van der Waals surface area contributed by atoms with Crippen LogP contribution < -0.4 is 0 Å². The molecule has 0 spiro atoms. The van der Waals surface area contributed by atoms with Gasteiger partial charge < -0.3 is 33.8 Å². The number of unbranched alkanes of at least 4 members (excludes halogenated alkanes) is 32. The fourth-order valence-electron chi connectivity index (χ4n) is 10.3. The van der Waals surface area contributed by atoms with Crippen molar-refractivity contribution in [3.05, 3.63) is 0 Å². The molecule has 0 aromatic rings. The Morgan fingerprint density at radius 3 is 0.705 bits per heavy atom. The monoisotopic (exact) mass is 1300 g/mol. The quantitative estimate of drug-likeness (QED) is 0.0222. The van der Waals surface area contributed by atoms with Crippen molar-refractivity contribution >= 4 is 39.5 Å². The van der Waals surface area contributed by atoms with Crippen LogP contribution in [0.3, 0.4) is 0 Å². The summed E-state index contributed by atoms with van der Waals surface area (Å²) in [5.74, 6) is 0.782. The highest BCUT2D eigenvalue weighted by Gasteiger charge is 2.30. The lowest BCUT2D eigenvalue weighted by Gasteiger charge is -2.21. The van der Waals surface area contributed by atoms with E-state index in [1.54, 1.807) is 0 Å². The Hall–Kier alpha value is -1.94. The highest BCUT2D eigenvalue weighted by atomic mass is 31.2. The highest BCUT2D eigenvalue weighted by molar-refractivity contribution is 7.47. The van der Waals surface area contributed by atoms with Gasteiger partial charge in [-0.25, -0.2) is 9.13 Å². The van der Waals surface area contributed by atoms with Crippen molar-refractivity contribution in [1.29, 1.82) is 0 Å². The molecule has 0 aliphatic carbocycles. The third-order valence-electron chi connectivity index (χ3n) is 15.8. The number of esters is 4. The summed E-state index contributed by atoms with van der Waals surface area (Å²) in [5, 5.41) is 10.6. The fraction of sp³-hybridized carbons (Fsp3) is 0.942. The normalized spacial score (nSPS) is 14.3. The number of rotatable bonds is 66. The van der Waals surface area contributed by atoms with E-state index in [-0.39, 0.29) is 25.7 Å². The Bertz CT molecular complexity index is 1750. The molecule has 17 nitrogen and oxygen atoms in total. The minimum Gasteiger partial charge on any atom is -0.462 e. The van der Waals surface area contributed by atoms with Gasteiger partial charge in [-0.1, -0.05) is 287 Å². The lowest BCUT2D eigenvalue weighted by atomic mass is 10.0. The van der Waals surface area contributed by atoms with Gasteiger partial charge in [0.2, 0.25) is 0 Å². The molecule has 522 valence electrons. The maximum absolute atomic E-state index is 13.0. The number of ether oxygens (including phenoxy) is 4. The zero-order valence-corrected chi connectivity index (χ0v) is 59.1. The Labute approximate surface area is 537 Å². The van der Waals surface area contributed by atoms with Crippen molar-refractivity contribution in [1.82, 2.24) is 0 Å². The van der Waals surface area contributed by atoms with Crippen molar-refractivity contribution in [2.45, 2.75) is 356 Å². The molecule has 19 heteroatoms. The first-order chi connectivity index (χ1) is 42.1. The van der Waals surface area contributed by atoms with Crippen molar-refractivity contribution in [3.8, 4) is 0 Å². The average Bonchev–Trinajstić information content (AvgIpc) is 3.51. The minimum absolute atomic E-state index is 0.104. The summed E-state index contributed by atoms with van der Waals surface area (Å²) < 4.78 is 68.2. The van der Waals surface area contributed by atoms with Crippen LogP contribution in [0, 0.1) is 23.7 Å². The molecular formula is C69H134O17P2. The van der Waals surface area contributed by atoms with Gasteiger partial charge in [-0.05, 0) is 49.4 Å². The lowest BCUT2D eigenvalue weighted by molar-refractivity contribution is -0.161. The summed E-state index contributed by atoms with van der Waals surface area (Å²) >= 11 is 0. The summed E-state index contributed by atoms with van der Waals surface area (Å²) in [7, 11) is -9.90. The van der Waals surface area contributed by atoms with Gasteiger partial charge >= 0.3 is 39.5 Å². The Balaban J connectivity index is 5.22. The summed E-state index contributed by atoms with van der Waals surface area (Å²) in [4.78, 5) is 72.4. The van der Waals surface area contributed by atoms with Gasteiger partial charge in [-0.2, -0.15) is 0 Å². The molecule has 2 unspecified atom stereocenters. The Morgan fingerprint density at radius 2 is 0.477 bits per heavy atom. The van der Waals surface area contributed by atoms with E-state index in [0.717, 1.165) is 115 Å². The van der Waals surface area contributed by atoms with Crippen LogP contribution in [-0.2, 0) is 65.4 Å². The summed E-state index contributed by atoms with van der Waals surface area (Å²) in [6, 6.07) is 0. The molecule has 0 bridgehead atoms. The van der Waals surface area contributed by atoms with Gasteiger partial charge in [0.1, 0.15) is 19.3 Å². The SMILES string of the molecule is CC(C)CCCCCCCCCCCCCCCCC(=O)O[C@H](COC(=O)CCCCCCCCC(C)C)COP(=O)(O)OC[C@H](O)COP(=O)(O)OC[C@@H](COC(=O)CCCCCCCCCC(C)C)OC(=O)CCCCCCCCCCCC(C)C. The van der Waals surface area contributed by atoms with Crippen LogP contribution in [0.25, 0.3) is 0 Å². The molecule has 0 radical (unpaired) electrons. The molecule has 0 aliphatic heterocycles. The molecule has 0 aliphatic rings. The molecule has 0 fully saturated rings. The smallest absolute Gasteiger partial charge is 0.462 e. The standard InChI is InChI=1S/C69H134O17P2/c1-59(2)45-37-29-21-16-13-11-9-10-12-14-18-24-35-43-51-68(73)86-65(56-80-67(72)50-42-34-28-27-32-40-48-62(7)8)58-84-88(77,78)82-54-63(70)53-81-87(75,76)83-57-64(55-79-66(71)49-41-33-26-20-23-31-39-47-61(5)6)85-69(74)52-44-36-25-19-15-17-22-30-38-46-60(3)4/h59-65,70H,9-58H2,1-8H3,(H,75,76)(H,77,78)/t63-,64-,65-/m1/s1. The highest BCUT2D eigenvalue weighted by Crippen LogP contribution is 2.45. The van der Waals surface area contributed by atoms with Crippen LogP contribution >= 0.6 is 15.6 Å². The van der Waals surface area contributed by atoms with Gasteiger partial charge in [0, 0.05) is 25.7 Å².